The smallest absolute Gasteiger partial charge is 0.243 e. The highest BCUT2D eigenvalue weighted by atomic mass is 16.5. The van der Waals surface area contributed by atoms with E-state index in [0.29, 0.717) is 12.8 Å². The van der Waals surface area contributed by atoms with Crippen LogP contribution in [0.2, 0.25) is 0 Å². The van der Waals surface area contributed by atoms with Crippen molar-refractivity contribution in [1.82, 2.24) is 10.2 Å². The number of ether oxygens (including phenoxy) is 1. The Morgan fingerprint density at radius 1 is 1.47 bits per heavy atom. The lowest BCUT2D eigenvalue weighted by molar-refractivity contribution is -0.132. The van der Waals surface area contributed by atoms with E-state index in [1.807, 2.05) is 32.6 Å². The molecule has 0 aromatic rings. The van der Waals surface area contributed by atoms with Gasteiger partial charge in [0.05, 0.1) is 18.3 Å². The molecule has 4 nitrogen and oxygen atoms in total. The van der Waals surface area contributed by atoms with Crippen LogP contribution < -0.4 is 5.32 Å². The fourth-order valence-electron chi connectivity index (χ4n) is 1.95. The van der Waals surface area contributed by atoms with Gasteiger partial charge in [0, 0.05) is 13.2 Å². The van der Waals surface area contributed by atoms with E-state index in [4.69, 9.17) is 4.74 Å². The Balaban J connectivity index is 2.19. The third-order valence-electron chi connectivity index (χ3n) is 3.40. The summed E-state index contributed by atoms with van der Waals surface area (Å²) in [7, 11) is 0. The van der Waals surface area contributed by atoms with Crippen LogP contribution in [0.1, 0.15) is 47.0 Å². The second-order valence-electron chi connectivity index (χ2n) is 5.22. The first-order valence-corrected chi connectivity index (χ1v) is 6.65. The van der Waals surface area contributed by atoms with Gasteiger partial charge in [-0.25, -0.2) is 0 Å². The average molecular weight is 242 g/mol. The van der Waals surface area contributed by atoms with Crippen molar-refractivity contribution in [2.45, 2.75) is 58.6 Å². The van der Waals surface area contributed by atoms with Crippen LogP contribution in [-0.2, 0) is 9.53 Å². The van der Waals surface area contributed by atoms with Gasteiger partial charge in [-0.1, -0.05) is 6.92 Å². The van der Waals surface area contributed by atoms with Gasteiger partial charge in [0.1, 0.15) is 0 Å². The van der Waals surface area contributed by atoms with Crippen LogP contribution in [0.4, 0.5) is 0 Å². The molecule has 17 heavy (non-hydrogen) atoms. The maximum absolute atomic E-state index is 12.1. The summed E-state index contributed by atoms with van der Waals surface area (Å²) in [6.07, 6.45) is 3.18. The van der Waals surface area contributed by atoms with Crippen LogP contribution in [0, 0.1) is 0 Å². The Labute approximate surface area is 105 Å². The monoisotopic (exact) mass is 242 g/mol. The maximum atomic E-state index is 12.1. The number of rotatable bonds is 7. The highest BCUT2D eigenvalue weighted by molar-refractivity contribution is 5.87. The van der Waals surface area contributed by atoms with Crippen molar-refractivity contribution in [3.63, 3.8) is 0 Å². The Hall–Kier alpha value is -0.610. The topological polar surface area (TPSA) is 41.6 Å². The predicted molar refractivity (Wildman–Crippen MR) is 68.7 cm³/mol. The molecule has 100 valence electrons. The number of carbonyl (C=O) groups excluding carboxylic acids is 1. The van der Waals surface area contributed by atoms with Crippen molar-refractivity contribution in [3.05, 3.63) is 0 Å². The molecule has 1 N–H and O–H groups in total. The predicted octanol–water partition coefficient (Wildman–Crippen LogP) is 1.75. The molecule has 0 aromatic heterocycles. The summed E-state index contributed by atoms with van der Waals surface area (Å²) in [5.41, 5.74) is -0.339. The van der Waals surface area contributed by atoms with E-state index in [0.717, 1.165) is 32.4 Å². The van der Waals surface area contributed by atoms with E-state index in [9.17, 15) is 4.79 Å². The molecule has 1 unspecified atom stereocenters. The first kappa shape index (κ1) is 14.5. The molecule has 1 heterocycles. The lowest BCUT2D eigenvalue weighted by atomic mass is 9.99. The fourth-order valence-corrected chi connectivity index (χ4v) is 1.95. The van der Waals surface area contributed by atoms with Gasteiger partial charge in [0.2, 0.25) is 5.91 Å². The number of hydrogen-bond acceptors (Lipinski definition) is 3. The van der Waals surface area contributed by atoms with Crippen LogP contribution in [0.25, 0.3) is 0 Å². The first-order valence-electron chi connectivity index (χ1n) is 6.65. The molecule has 1 aliphatic rings. The Morgan fingerprint density at radius 3 is 2.71 bits per heavy atom. The first-order chi connectivity index (χ1) is 7.99. The quantitative estimate of drug-likeness (QED) is 0.692. The maximum Gasteiger partial charge on any atom is 0.243 e. The SMILES string of the molecule is CCC1(C)NCN(CCCCOC(C)C)C1=O. The summed E-state index contributed by atoms with van der Waals surface area (Å²) in [6, 6.07) is 0. The van der Waals surface area contributed by atoms with Crippen LogP contribution in [0.3, 0.4) is 0 Å². The molecule has 0 radical (unpaired) electrons. The van der Waals surface area contributed by atoms with Gasteiger partial charge in [-0.2, -0.15) is 0 Å². The molecule has 0 aromatic carbocycles. The fraction of sp³-hybridized carbons (Fsp3) is 0.923. The second-order valence-corrected chi connectivity index (χ2v) is 5.22. The third kappa shape index (κ3) is 3.96. The molecule has 0 saturated carbocycles. The van der Waals surface area contributed by atoms with Crippen LogP contribution in [0.5, 0.6) is 0 Å². The number of amides is 1. The van der Waals surface area contributed by atoms with Crippen LogP contribution in [-0.4, -0.2) is 42.3 Å². The van der Waals surface area contributed by atoms with E-state index in [1.54, 1.807) is 0 Å². The van der Waals surface area contributed by atoms with Gasteiger partial charge >= 0.3 is 0 Å². The summed E-state index contributed by atoms with van der Waals surface area (Å²) in [5.74, 6) is 0.241. The minimum absolute atomic E-state index is 0.241. The lowest BCUT2D eigenvalue weighted by Gasteiger charge is -2.20. The number of hydrogen-bond donors (Lipinski definition) is 1. The Bertz CT molecular complexity index is 256. The molecule has 1 rings (SSSR count). The normalized spacial score (nSPS) is 25.0. The van der Waals surface area contributed by atoms with E-state index in [-0.39, 0.29) is 11.4 Å². The number of nitrogens with one attached hydrogen (secondary N) is 1. The standard InChI is InChI=1S/C13H26N2O2/c1-5-13(4)12(16)15(10-14-13)8-6-7-9-17-11(2)3/h11,14H,5-10H2,1-4H3. The minimum atomic E-state index is -0.339. The number of unbranched alkanes of at least 4 members (excludes halogenated alkanes) is 1. The molecule has 4 heteroatoms. The minimum Gasteiger partial charge on any atom is -0.379 e. The zero-order valence-corrected chi connectivity index (χ0v) is 11.6. The molecule has 1 fully saturated rings. The van der Waals surface area contributed by atoms with Crippen LogP contribution in [0.15, 0.2) is 0 Å². The summed E-state index contributed by atoms with van der Waals surface area (Å²) in [5, 5.41) is 3.29. The van der Waals surface area contributed by atoms with Crippen molar-refractivity contribution in [2.75, 3.05) is 19.8 Å². The highest BCUT2D eigenvalue weighted by Crippen LogP contribution is 2.19. The Kier molecular flexibility index (Phi) is 5.40. The zero-order chi connectivity index (χ0) is 12.9. The summed E-state index contributed by atoms with van der Waals surface area (Å²) in [4.78, 5) is 14.0. The average Bonchev–Trinajstić information content (AvgIpc) is 2.57. The molecular weight excluding hydrogens is 216 g/mol. The van der Waals surface area contributed by atoms with E-state index < -0.39 is 0 Å². The van der Waals surface area contributed by atoms with Gasteiger partial charge < -0.3 is 9.64 Å². The van der Waals surface area contributed by atoms with Crippen molar-refractivity contribution in [2.24, 2.45) is 0 Å². The third-order valence-corrected chi connectivity index (χ3v) is 3.40. The lowest BCUT2D eigenvalue weighted by Crippen LogP contribution is -2.43. The highest BCUT2D eigenvalue weighted by Gasteiger charge is 2.40. The molecule has 0 bridgehead atoms. The van der Waals surface area contributed by atoms with Crippen LogP contribution >= 0.6 is 0 Å². The number of nitrogens with zero attached hydrogens (tertiary/aromatic N) is 1. The van der Waals surface area contributed by atoms with Gasteiger partial charge in [-0.3, -0.25) is 10.1 Å². The van der Waals surface area contributed by atoms with Crippen molar-refractivity contribution >= 4 is 5.91 Å². The summed E-state index contributed by atoms with van der Waals surface area (Å²) < 4.78 is 5.48. The van der Waals surface area contributed by atoms with E-state index in [2.05, 4.69) is 5.32 Å². The van der Waals surface area contributed by atoms with Crippen molar-refractivity contribution in [1.29, 1.82) is 0 Å². The van der Waals surface area contributed by atoms with Crippen molar-refractivity contribution < 1.29 is 9.53 Å². The number of carbonyl (C=O) groups is 1. The molecule has 1 aliphatic heterocycles. The molecule has 1 atom stereocenters. The largest absolute Gasteiger partial charge is 0.379 e. The molecule has 0 spiro atoms. The van der Waals surface area contributed by atoms with Crippen molar-refractivity contribution in [3.8, 4) is 0 Å². The van der Waals surface area contributed by atoms with Gasteiger partial charge in [0.15, 0.2) is 0 Å². The second kappa shape index (κ2) is 6.36. The van der Waals surface area contributed by atoms with Gasteiger partial charge in [-0.05, 0) is 40.0 Å². The summed E-state index contributed by atoms with van der Waals surface area (Å²) >= 11 is 0. The molecular formula is C13H26N2O2. The molecule has 0 aliphatic carbocycles. The van der Waals surface area contributed by atoms with E-state index >= 15 is 0 Å². The van der Waals surface area contributed by atoms with E-state index in [1.165, 1.54) is 0 Å². The van der Waals surface area contributed by atoms with Gasteiger partial charge in [-0.15, -0.1) is 0 Å². The zero-order valence-electron chi connectivity index (χ0n) is 11.6. The Morgan fingerprint density at radius 2 is 2.18 bits per heavy atom. The molecule has 1 saturated heterocycles. The van der Waals surface area contributed by atoms with Gasteiger partial charge in [0.25, 0.3) is 0 Å². The summed E-state index contributed by atoms with van der Waals surface area (Å²) in [6.45, 7) is 10.4. The molecule has 1 amide bonds.